The van der Waals surface area contributed by atoms with Gasteiger partial charge in [0.1, 0.15) is 0 Å². The maximum Gasteiger partial charge on any atom is 0.0547 e. The number of fused-ring (bicyclic) bond motifs is 9. The number of rotatable bonds is 6. The van der Waals surface area contributed by atoms with Crippen LogP contribution in [0.25, 0.3) is 120 Å². The molecule has 0 unspecified atom stereocenters. The van der Waals surface area contributed by atoms with Gasteiger partial charge in [0.15, 0.2) is 0 Å². The third-order valence-corrected chi connectivity index (χ3v) is 14.1. The Morgan fingerprint density at radius 2 is 0.714 bits per heavy atom. The lowest BCUT2D eigenvalue weighted by Crippen LogP contribution is -1.94. The molecule has 3 aromatic heterocycles. The zero-order valence-corrected chi connectivity index (χ0v) is 35.1. The fraction of sp³-hybridized carbons (Fsp3) is 0. The number of benzene rings is 10. The summed E-state index contributed by atoms with van der Waals surface area (Å²) in [4.78, 5) is 0. The van der Waals surface area contributed by atoms with Crippen molar-refractivity contribution in [2.45, 2.75) is 0 Å². The molecule has 0 aliphatic carbocycles. The Labute approximate surface area is 368 Å². The van der Waals surface area contributed by atoms with Gasteiger partial charge in [0, 0.05) is 53.1 Å². The molecule has 0 spiro atoms. The number of thiophene rings is 1. The average molecular weight is 819 g/mol. The highest BCUT2D eigenvalue weighted by atomic mass is 32.1. The van der Waals surface area contributed by atoms with E-state index < -0.39 is 0 Å². The summed E-state index contributed by atoms with van der Waals surface area (Å²) in [7, 11) is 0. The molecule has 0 aliphatic heterocycles. The van der Waals surface area contributed by atoms with Crippen LogP contribution in [0.4, 0.5) is 0 Å². The van der Waals surface area contributed by atoms with E-state index in [9.17, 15) is 0 Å². The molecule has 0 amide bonds. The monoisotopic (exact) mass is 818 g/mol. The van der Waals surface area contributed by atoms with Gasteiger partial charge >= 0.3 is 0 Å². The molecule has 2 nitrogen and oxygen atoms in total. The quantitative estimate of drug-likeness (QED) is 0.158. The number of nitrogens with zero attached hydrogens (tertiary/aromatic N) is 2. The molecule has 0 saturated carbocycles. The number of hydrogen-bond acceptors (Lipinski definition) is 1. The van der Waals surface area contributed by atoms with Crippen LogP contribution in [0, 0.1) is 0 Å². The van der Waals surface area contributed by atoms with E-state index in [1.165, 1.54) is 108 Å². The smallest absolute Gasteiger partial charge is 0.0547 e. The van der Waals surface area contributed by atoms with Crippen LogP contribution in [0.1, 0.15) is 0 Å². The van der Waals surface area contributed by atoms with Gasteiger partial charge in [-0.2, -0.15) is 0 Å². The summed E-state index contributed by atoms with van der Waals surface area (Å²) in [6, 6.07) is 84.6. The number of aromatic nitrogens is 2. The van der Waals surface area contributed by atoms with Crippen LogP contribution in [0.3, 0.4) is 0 Å². The van der Waals surface area contributed by atoms with Gasteiger partial charge in [-0.25, -0.2) is 0 Å². The first-order chi connectivity index (χ1) is 31.2. The topological polar surface area (TPSA) is 9.86 Å². The van der Waals surface area contributed by atoms with Crippen LogP contribution in [0.2, 0.25) is 0 Å². The van der Waals surface area contributed by atoms with E-state index in [1.54, 1.807) is 0 Å². The lowest BCUT2D eigenvalue weighted by atomic mass is 9.97. The molecule has 0 aliphatic rings. The predicted molar refractivity (Wildman–Crippen MR) is 270 cm³/mol. The van der Waals surface area contributed by atoms with Crippen LogP contribution in [-0.4, -0.2) is 9.13 Å². The van der Waals surface area contributed by atoms with Gasteiger partial charge in [-0.05, 0) is 105 Å². The zero-order valence-electron chi connectivity index (χ0n) is 34.2. The van der Waals surface area contributed by atoms with Crippen molar-refractivity contribution in [2.75, 3.05) is 0 Å². The molecular weight excluding hydrogens is 781 g/mol. The first-order valence-electron chi connectivity index (χ1n) is 21.6. The molecule has 63 heavy (non-hydrogen) atoms. The normalized spacial score (nSPS) is 11.8. The Morgan fingerprint density at radius 1 is 0.254 bits per heavy atom. The van der Waals surface area contributed by atoms with Crippen LogP contribution in [0.15, 0.2) is 231 Å². The van der Waals surface area contributed by atoms with E-state index >= 15 is 0 Å². The van der Waals surface area contributed by atoms with Crippen molar-refractivity contribution in [2.24, 2.45) is 0 Å². The van der Waals surface area contributed by atoms with E-state index in [0.717, 1.165) is 11.4 Å². The van der Waals surface area contributed by atoms with E-state index in [0.29, 0.717) is 0 Å². The summed E-state index contributed by atoms with van der Waals surface area (Å²) in [5.41, 5.74) is 16.9. The van der Waals surface area contributed by atoms with Crippen molar-refractivity contribution < 1.29 is 0 Å². The molecule has 0 radical (unpaired) electrons. The standard InChI is InChI=1S/C60H38N2S/c1-2-11-46(12-3-1)62-54-17-7-4-13-49(54)50-35-32-45(37-57(50)62)48-16-10-19-56-60(48)53-15-5-8-18-55(53)61(56)47-33-29-42(30-34-47)41-23-21-39(22-24-41)40-25-27-43(28-26-40)44-31-36-52-51-14-6-9-20-58(51)63-59(52)38-44/h1-38H. The predicted octanol–water partition coefficient (Wildman–Crippen LogP) is 16.9. The summed E-state index contributed by atoms with van der Waals surface area (Å²) < 4.78 is 7.49. The SMILES string of the molecule is c1ccc(-n2c3ccccc3c3ccc(-c4cccc5c4c4ccccc4n5-c4ccc(-c5ccc(-c6ccc(-c7ccc8c(c7)sc7ccccc78)cc6)cc5)cc4)cc32)cc1. The second kappa shape index (κ2) is 14.3. The molecular formula is C60H38N2S. The van der Waals surface area contributed by atoms with Crippen molar-refractivity contribution in [1.82, 2.24) is 9.13 Å². The third kappa shape index (κ3) is 5.78. The first-order valence-corrected chi connectivity index (χ1v) is 22.4. The summed E-state index contributed by atoms with van der Waals surface area (Å²) in [6.07, 6.45) is 0. The number of hydrogen-bond donors (Lipinski definition) is 0. The van der Waals surface area contributed by atoms with Gasteiger partial charge in [0.25, 0.3) is 0 Å². The van der Waals surface area contributed by atoms with Crippen molar-refractivity contribution in [1.29, 1.82) is 0 Å². The van der Waals surface area contributed by atoms with E-state index in [1.807, 2.05) is 11.3 Å². The van der Waals surface area contributed by atoms with Crippen molar-refractivity contribution in [3.05, 3.63) is 231 Å². The van der Waals surface area contributed by atoms with Gasteiger partial charge in [0.05, 0.1) is 22.1 Å². The fourth-order valence-corrected chi connectivity index (χ4v) is 11.1. The minimum absolute atomic E-state index is 1.14. The lowest BCUT2D eigenvalue weighted by Gasteiger charge is -2.11. The minimum Gasteiger partial charge on any atom is -0.309 e. The molecule has 13 aromatic rings. The summed E-state index contributed by atoms with van der Waals surface area (Å²) in [5.74, 6) is 0. The molecule has 13 rings (SSSR count). The van der Waals surface area contributed by atoms with Gasteiger partial charge in [-0.15, -0.1) is 11.3 Å². The molecule has 0 atom stereocenters. The van der Waals surface area contributed by atoms with E-state index in [-0.39, 0.29) is 0 Å². The van der Waals surface area contributed by atoms with Crippen LogP contribution in [-0.2, 0) is 0 Å². The molecule has 0 bridgehead atoms. The summed E-state index contributed by atoms with van der Waals surface area (Å²) >= 11 is 1.87. The van der Waals surface area contributed by atoms with Gasteiger partial charge in [-0.1, -0.05) is 170 Å². The second-order valence-corrected chi connectivity index (χ2v) is 17.6. The molecule has 0 saturated heterocycles. The fourth-order valence-electron chi connectivity index (χ4n) is 9.95. The van der Waals surface area contributed by atoms with Crippen LogP contribution in [0.5, 0.6) is 0 Å². The highest BCUT2D eigenvalue weighted by Gasteiger charge is 2.18. The second-order valence-electron chi connectivity index (χ2n) is 16.5. The first kappa shape index (κ1) is 35.7. The molecule has 10 aromatic carbocycles. The highest BCUT2D eigenvalue weighted by molar-refractivity contribution is 7.25. The molecule has 294 valence electrons. The van der Waals surface area contributed by atoms with Crippen molar-refractivity contribution in [3.8, 4) is 55.9 Å². The molecule has 0 N–H and O–H groups in total. The molecule has 3 heterocycles. The van der Waals surface area contributed by atoms with Crippen LogP contribution < -0.4 is 0 Å². The maximum absolute atomic E-state index is 2.42. The number of para-hydroxylation sites is 3. The van der Waals surface area contributed by atoms with E-state index in [4.69, 9.17) is 0 Å². The molecule has 0 fully saturated rings. The Morgan fingerprint density at radius 3 is 1.43 bits per heavy atom. The molecule has 3 heteroatoms. The average Bonchev–Trinajstić information content (AvgIpc) is 4.02. The largest absolute Gasteiger partial charge is 0.309 e. The Hall–Kier alpha value is -7.98. The zero-order chi connectivity index (χ0) is 41.4. The highest BCUT2D eigenvalue weighted by Crippen LogP contribution is 2.42. The van der Waals surface area contributed by atoms with E-state index in [2.05, 4.69) is 240 Å². The maximum atomic E-state index is 2.42. The van der Waals surface area contributed by atoms with Crippen molar-refractivity contribution >= 4 is 75.1 Å². The minimum atomic E-state index is 1.14. The Balaban J connectivity index is 0.822. The van der Waals surface area contributed by atoms with Gasteiger partial charge in [0.2, 0.25) is 0 Å². The third-order valence-electron chi connectivity index (χ3n) is 13.0. The van der Waals surface area contributed by atoms with Crippen LogP contribution >= 0.6 is 11.3 Å². The summed E-state index contributed by atoms with van der Waals surface area (Å²) in [6.45, 7) is 0. The Bertz CT molecular complexity index is 3870. The van der Waals surface area contributed by atoms with Gasteiger partial charge < -0.3 is 9.13 Å². The lowest BCUT2D eigenvalue weighted by molar-refractivity contribution is 1.18. The summed E-state index contributed by atoms with van der Waals surface area (Å²) in [5, 5.41) is 7.71. The van der Waals surface area contributed by atoms with Crippen molar-refractivity contribution in [3.63, 3.8) is 0 Å². The van der Waals surface area contributed by atoms with Gasteiger partial charge in [-0.3, -0.25) is 0 Å². The Kier molecular flexibility index (Phi) is 8.12.